The highest BCUT2D eigenvalue weighted by Gasteiger charge is 2.25. The molecule has 1 aliphatic rings. The van der Waals surface area contributed by atoms with Crippen LogP contribution in [0.2, 0.25) is 0 Å². The van der Waals surface area contributed by atoms with Gasteiger partial charge in [-0.25, -0.2) is 0 Å². The quantitative estimate of drug-likeness (QED) is 0.357. The zero-order chi connectivity index (χ0) is 18.6. The highest BCUT2D eigenvalue weighted by atomic mass is 16.6. The highest BCUT2D eigenvalue weighted by Crippen LogP contribution is 2.35. The van der Waals surface area contributed by atoms with Crippen molar-refractivity contribution in [2.24, 2.45) is 0 Å². The third-order valence-corrected chi connectivity index (χ3v) is 3.87. The number of non-ortho nitro benzene ring substituents is 1. The Kier molecular flexibility index (Phi) is 5.28. The number of benzene rings is 1. The first kappa shape index (κ1) is 17.9. The van der Waals surface area contributed by atoms with Crippen LogP contribution in [0.5, 0.6) is 5.75 Å². The number of nitriles is 1. The van der Waals surface area contributed by atoms with Crippen molar-refractivity contribution in [1.82, 2.24) is 5.32 Å². The van der Waals surface area contributed by atoms with Gasteiger partial charge >= 0.3 is 5.69 Å². The molecule has 0 unspecified atom stereocenters. The van der Waals surface area contributed by atoms with Gasteiger partial charge in [-0.1, -0.05) is 12.8 Å². The Bertz CT molecular complexity index is 805. The maximum absolute atomic E-state index is 12.1. The van der Waals surface area contributed by atoms with Crippen molar-refractivity contribution < 1.29 is 19.7 Å². The predicted molar refractivity (Wildman–Crippen MR) is 85.4 cm³/mol. The number of amides is 1. The Morgan fingerprint density at radius 1 is 1.28 bits per heavy atom. The molecule has 0 bridgehead atoms. The van der Waals surface area contributed by atoms with Crippen LogP contribution in [-0.2, 0) is 4.79 Å². The summed E-state index contributed by atoms with van der Waals surface area (Å²) in [4.78, 5) is 32.1. The lowest BCUT2D eigenvalue weighted by Gasteiger charge is -2.11. The zero-order valence-electron chi connectivity index (χ0n) is 13.0. The van der Waals surface area contributed by atoms with Gasteiger partial charge in [0.25, 0.3) is 11.6 Å². The molecule has 1 saturated carbocycles. The van der Waals surface area contributed by atoms with Gasteiger partial charge in [-0.2, -0.15) is 5.26 Å². The number of phenols is 1. The van der Waals surface area contributed by atoms with E-state index in [1.165, 1.54) is 0 Å². The number of nitro benzene ring substituents is 2. The van der Waals surface area contributed by atoms with E-state index >= 15 is 0 Å². The highest BCUT2D eigenvalue weighted by molar-refractivity contribution is 6.02. The van der Waals surface area contributed by atoms with Crippen LogP contribution < -0.4 is 5.32 Å². The third-order valence-electron chi connectivity index (χ3n) is 3.87. The van der Waals surface area contributed by atoms with E-state index in [1.54, 1.807) is 6.07 Å². The molecule has 2 N–H and O–H groups in total. The molecule has 0 atom stereocenters. The Morgan fingerprint density at radius 2 is 1.92 bits per heavy atom. The van der Waals surface area contributed by atoms with Gasteiger partial charge in [0.15, 0.2) is 0 Å². The van der Waals surface area contributed by atoms with E-state index in [9.17, 15) is 30.1 Å². The molecular weight excluding hydrogens is 332 g/mol. The van der Waals surface area contributed by atoms with Crippen LogP contribution in [0.15, 0.2) is 17.7 Å². The number of hydrogen-bond acceptors (Lipinski definition) is 7. The van der Waals surface area contributed by atoms with Crippen LogP contribution in [-0.4, -0.2) is 26.9 Å². The van der Waals surface area contributed by atoms with Crippen LogP contribution in [0.25, 0.3) is 6.08 Å². The second-order valence-corrected chi connectivity index (χ2v) is 5.54. The number of phenolic OH excluding ortho intramolecular Hbond substituents is 1. The first-order valence-electron chi connectivity index (χ1n) is 7.42. The number of hydrogen-bond donors (Lipinski definition) is 2. The molecule has 10 heteroatoms. The lowest BCUT2D eigenvalue weighted by atomic mass is 10.1. The summed E-state index contributed by atoms with van der Waals surface area (Å²) < 4.78 is 0. The molecule has 1 fully saturated rings. The van der Waals surface area contributed by atoms with Gasteiger partial charge in [0, 0.05) is 17.7 Å². The number of nitrogens with zero attached hydrogens (tertiary/aromatic N) is 3. The fraction of sp³-hybridized carbons (Fsp3) is 0.333. The number of nitrogens with one attached hydrogen (secondary N) is 1. The van der Waals surface area contributed by atoms with Crippen molar-refractivity contribution in [3.63, 3.8) is 0 Å². The minimum atomic E-state index is -0.982. The van der Waals surface area contributed by atoms with E-state index in [0.717, 1.165) is 37.8 Å². The molecule has 0 radical (unpaired) electrons. The Hall–Kier alpha value is -3.48. The Balaban J connectivity index is 2.42. The molecule has 0 spiro atoms. The fourth-order valence-corrected chi connectivity index (χ4v) is 2.62. The number of aromatic hydroxyl groups is 1. The average molecular weight is 346 g/mol. The molecule has 10 nitrogen and oxygen atoms in total. The summed E-state index contributed by atoms with van der Waals surface area (Å²) in [6.07, 6.45) is 4.42. The van der Waals surface area contributed by atoms with Crippen molar-refractivity contribution in [2.75, 3.05) is 0 Å². The molecule has 0 aliphatic heterocycles. The molecule has 0 heterocycles. The predicted octanol–water partition coefficient (Wildman–Crippen LogP) is 2.17. The molecule has 2 rings (SSSR count). The van der Waals surface area contributed by atoms with Crippen molar-refractivity contribution in [2.45, 2.75) is 31.7 Å². The van der Waals surface area contributed by atoms with Gasteiger partial charge < -0.3 is 10.4 Å². The van der Waals surface area contributed by atoms with Crippen molar-refractivity contribution in [1.29, 1.82) is 5.26 Å². The molecule has 1 aromatic carbocycles. The molecule has 1 aliphatic carbocycles. The lowest BCUT2D eigenvalue weighted by Crippen LogP contribution is -2.33. The largest absolute Gasteiger partial charge is 0.502 e. The summed E-state index contributed by atoms with van der Waals surface area (Å²) in [5, 5.41) is 43.6. The summed E-state index contributed by atoms with van der Waals surface area (Å²) in [6, 6.07) is 3.06. The molecule has 25 heavy (non-hydrogen) atoms. The fourth-order valence-electron chi connectivity index (χ4n) is 2.62. The van der Waals surface area contributed by atoms with Crippen molar-refractivity contribution >= 4 is 23.4 Å². The average Bonchev–Trinajstić information content (AvgIpc) is 3.06. The van der Waals surface area contributed by atoms with E-state index in [-0.39, 0.29) is 11.6 Å². The van der Waals surface area contributed by atoms with Crippen molar-refractivity contribution in [3.8, 4) is 11.8 Å². The van der Waals surface area contributed by atoms with E-state index < -0.39 is 38.5 Å². The number of carbonyl (C=O) groups excluding carboxylic acids is 1. The van der Waals surface area contributed by atoms with Gasteiger partial charge in [-0.15, -0.1) is 0 Å². The Labute approximate surface area is 141 Å². The van der Waals surface area contributed by atoms with Crippen LogP contribution in [0.1, 0.15) is 31.2 Å². The van der Waals surface area contributed by atoms with Crippen LogP contribution in [0, 0.1) is 31.6 Å². The van der Waals surface area contributed by atoms with Crippen LogP contribution in [0.3, 0.4) is 0 Å². The van der Waals surface area contributed by atoms with E-state index in [4.69, 9.17) is 5.26 Å². The number of nitro groups is 2. The topological polar surface area (TPSA) is 159 Å². The Morgan fingerprint density at radius 3 is 2.44 bits per heavy atom. The molecular formula is C15H14N4O6. The summed E-state index contributed by atoms with van der Waals surface area (Å²) in [6.45, 7) is 0. The first-order chi connectivity index (χ1) is 11.8. The van der Waals surface area contributed by atoms with E-state index in [0.29, 0.717) is 6.07 Å². The molecule has 1 aromatic rings. The molecule has 0 aromatic heterocycles. The molecule has 1 amide bonds. The van der Waals surface area contributed by atoms with Gasteiger partial charge in [-0.05, 0) is 18.9 Å². The normalized spacial score (nSPS) is 14.8. The monoisotopic (exact) mass is 346 g/mol. The SMILES string of the molecule is N#C/C(=C/c1cc([N+](=O)[O-])cc([N+](=O)[O-])c1O)C(=O)NC1CCCC1. The van der Waals surface area contributed by atoms with Gasteiger partial charge in [-0.3, -0.25) is 25.0 Å². The zero-order valence-corrected chi connectivity index (χ0v) is 13.0. The second-order valence-electron chi connectivity index (χ2n) is 5.54. The maximum atomic E-state index is 12.1. The second kappa shape index (κ2) is 7.39. The van der Waals surface area contributed by atoms with Gasteiger partial charge in [0.1, 0.15) is 11.6 Å². The minimum absolute atomic E-state index is 0.0581. The summed E-state index contributed by atoms with van der Waals surface area (Å²) in [5.74, 6) is -1.54. The van der Waals surface area contributed by atoms with Gasteiger partial charge in [0.2, 0.25) is 5.75 Å². The van der Waals surface area contributed by atoms with Crippen LogP contribution in [0.4, 0.5) is 11.4 Å². The van der Waals surface area contributed by atoms with E-state index in [1.807, 2.05) is 0 Å². The first-order valence-corrected chi connectivity index (χ1v) is 7.42. The standard InChI is InChI=1S/C15H14N4O6/c16-8-10(15(21)17-11-3-1-2-4-11)5-9-6-12(18(22)23)7-13(14(9)20)19(24)25/h5-7,11,20H,1-4H2,(H,17,21)/b10-5-. The molecule has 0 saturated heterocycles. The summed E-state index contributed by atoms with van der Waals surface area (Å²) in [7, 11) is 0. The number of carbonyl (C=O) groups is 1. The maximum Gasteiger partial charge on any atom is 0.318 e. The summed E-state index contributed by atoms with van der Waals surface area (Å²) >= 11 is 0. The third kappa shape index (κ3) is 4.08. The number of rotatable bonds is 5. The van der Waals surface area contributed by atoms with Crippen molar-refractivity contribution in [3.05, 3.63) is 43.5 Å². The van der Waals surface area contributed by atoms with E-state index in [2.05, 4.69) is 5.32 Å². The summed E-state index contributed by atoms with van der Waals surface area (Å²) in [5.41, 5.74) is -2.27. The lowest BCUT2D eigenvalue weighted by molar-refractivity contribution is -0.394. The minimum Gasteiger partial charge on any atom is -0.502 e. The van der Waals surface area contributed by atoms with Gasteiger partial charge in [0.05, 0.1) is 15.9 Å². The smallest absolute Gasteiger partial charge is 0.318 e. The molecule has 130 valence electrons. The van der Waals surface area contributed by atoms with Crippen LogP contribution >= 0.6 is 0 Å².